The molecule has 0 aliphatic heterocycles. The van der Waals surface area contributed by atoms with Gasteiger partial charge < -0.3 is 10.0 Å². The Balaban J connectivity index is 0. The molecule has 0 aromatic heterocycles. The molecule has 3 heteroatoms. The van der Waals surface area contributed by atoms with Crippen molar-refractivity contribution in [2.45, 2.75) is 34.6 Å². The number of rotatable bonds is 1. The SMILES string of the molecule is CC.CC.Cc1ccc(B(O)O)cc1. The number of benzene rings is 1. The van der Waals surface area contributed by atoms with E-state index in [1.54, 1.807) is 12.1 Å². The van der Waals surface area contributed by atoms with Crippen molar-refractivity contribution in [3.8, 4) is 0 Å². The lowest BCUT2D eigenvalue weighted by Gasteiger charge is -1.97. The largest absolute Gasteiger partial charge is 0.488 e. The molecule has 0 saturated carbocycles. The van der Waals surface area contributed by atoms with Crippen LogP contribution in [0, 0.1) is 6.92 Å². The van der Waals surface area contributed by atoms with E-state index in [1.165, 1.54) is 0 Å². The van der Waals surface area contributed by atoms with E-state index in [0.717, 1.165) is 5.56 Å². The molecule has 0 aliphatic carbocycles. The van der Waals surface area contributed by atoms with Crippen LogP contribution in [0.15, 0.2) is 24.3 Å². The van der Waals surface area contributed by atoms with E-state index >= 15 is 0 Å². The first-order valence-electron chi connectivity index (χ1n) is 5.13. The highest BCUT2D eigenvalue weighted by Gasteiger charge is 2.08. The molecule has 80 valence electrons. The average molecular weight is 196 g/mol. The van der Waals surface area contributed by atoms with Crippen molar-refractivity contribution in [1.82, 2.24) is 0 Å². The van der Waals surface area contributed by atoms with Crippen LogP contribution >= 0.6 is 0 Å². The lowest BCUT2D eigenvalue weighted by atomic mass is 9.80. The Bertz CT molecular complexity index is 207. The highest BCUT2D eigenvalue weighted by Crippen LogP contribution is 1.92. The van der Waals surface area contributed by atoms with E-state index in [-0.39, 0.29) is 0 Å². The lowest BCUT2D eigenvalue weighted by molar-refractivity contribution is 0.426. The van der Waals surface area contributed by atoms with Gasteiger partial charge in [0, 0.05) is 0 Å². The van der Waals surface area contributed by atoms with Gasteiger partial charge in [-0.05, 0) is 12.4 Å². The molecule has 0 fully saturated rings. The van der Waals surface area contributed by atoms with Gasteiger partial charge >= 0.3 is 7.12 Å². The molecule has 0 unspecified atom stereocenters. The fraction of sp³-hybridized carbons (Fsp3) is 0.455. The fourth-order valence-electron chi connectivity index (χ4n) is 0.739. The zero-order chi connectivity index (χ0) is 11.6. The van der Waals surface area contributed by atoms with Gasteiger partial charge in [-0.15, -0.1) is 0 Å². The molecular weight excluding hydrogens is 175 g/mol. The summed E-state index contributed by atoms with van der Waals surface area (Å²) in [6.45, 7) is 9.95. The third-order valence-electron chi connectivity index (χ3n) is 1.38. The highest BCUT2D eigenvalue weighted by molar-refractivity contribution is 6.58. The van der Waals surface area contributed by atoms with Crippen LogP contribution in [0.1, 0.15) is 33.3 Å². The van der Waals surface area contributed by atoms with Crippen molar-refractivity contribution >= 4 is 12.6 Å². The van der Waals surface area contributed by atoms with E-state index < -0.39 is 7.12 Å². The van der Waals surface area contributed by atoms with E-state index in [0.29, 0.717) is 5.46 Å². The first-order valence-corrected chi connectivity index (χ1v) is 5.13. The molecule has 0 heterocycles. The van der Waals surface area contributed by atoms with Crippen LogP contribution in [0.4, 0.5) is 0 Å². The third-order valence-corrected chi connectivity index (χ3v) is 1.38. The minimum absolute atomic E-state index is 0.533. The third kappa shape index (κ3) is 6.69. The first-order chi connectivity index (χ1) is 6.70. The van der Waals surface area contributed by atoms with Crippen LogP contribution in [-0.4, -0.2) is 17.2 Å². The number of aryl methyl sites for hydroxylation is 1. The van der Waals surface area contributed by atoms with Gasteiger partial charge in [0.05, 0.1) is 0 Å². The molecule has 0 atom stereocenters. The van der Waals surface area contributed by atoms with Crippen LogP contribution in [0.25, 0.3) is 0 Å². The Hall–Kier alpha value is -0.795. The van der Waals surface area contributed by atoms with Gasteiger partial charge in [0.2, 0.25) is 0 Å². The second-order valence-corrected chi connectivity index (χ2v) is 2.28. The normalized spacial score (nSPS) is 7.64. The highest BCUT2D eigenvalue weighted by atomic mass is 16.4. The molecule has 0 radical (unpaired) electrons. The standard InChI is InChI=1S/C7H9BO2.2C2H6/c1-6-2-4-7(5-3-6)8(9)10;2*1-2/h2-5,9-10H,1H3;2*1-2H3. The monoisotopic (exact) mass is 196 g/mol. The lowest BCUT2D eigenvalue weighted by Crippen LogP contribution is -2.29. The van der Waals surface area contributed by atoms with E-state index in [9.17, 15) is 0 Å². The van der Waals surface area contributed by atoms with Crippen molar-refractivity contribution in [2.75, 3.05) is 0 Å². The molecule has 2 N–H and O–H groups in total. The van der Waals surface area contributed by atoms with Gasteiger partial charge in [-0.2, -0.15) is 0 Å². The number of hydrogen-bond donors (Lipinski definition) is 2. The van der Waals surface area contributed by atoms with Crippen LogP contribution in [0.2, 0.25) is 0 Å². The summed E-state index contributed by atoms with van der Waals surface area (Å²) >= 11 is 0. The molecule has 0 saturated heterocycles. The summed E-state index contributed by atoms with van der Waals surface area (Å²) in [4.78, 5) is 0. The predicted molar refractivity (Wildman–Crippen MR) is 63.7 cm³/mol. The predicted octanol–water partition coefficient (Wildman–Crippen LogP) is 1.73. The maximum absolute atomic E-state index is 8.67. The fourth-order valence-corrected chi connectivity index (χ4v) is 0.739. The average Bonchev–Trinajstić information content (AvgIpc) is 2.24. The smallest absolute Gasteiger partial charge is 0.423 e. The van der Waals surface area contributed by atoms with Crippen molar-refractivity contribution in [3.05, 3.63) is 29.8 Å². The molecule has 2 nitrogen and oxygen atoms in total. The molecule has 1 rings (SSSR count). The maximum Gasteiger partial charge on any atom is 0.488 e. The van der Waals surface area contributed by atoms with Crippen molar-refractivity contribution in [1.29, 1.82) is 0 Å². The minimum atomic E-state index is -1.35. The Kier molecular flexibility index (Phi) is 11.5. The summed E-state index contributed by atoms with van der Waals surface area (Å²) in [6.07, 6.45) is 0. The van der Waals surface area contributed by atoms with Crippen molar-refractivity contribution in [3.63, 3.8) is 0 Å². The minimum Gasteiger partial charge on any atom is -0.423 e. The van der Waals surface area contributed by atoms with Crippen molar-refractivity contribution < 1.29 is 10.0 Å². The quantitative estimate of drug-likeness (QED) is 0.671. The molecule has 0 spiro atoms. The first kappa shape index (κ1) is 15.7. The van der Waals surface area contributed by atoms with Crippen molar-refractivity contribution in [2.24, 2.45) is 0 Å². The zero-order valence-corrected chi connectivity index (χ0v) is 9.78. The second kappa shape index (κ2) is 10.3. The molecular formula is C11H21BO2. The van der Waals surface area contributed by atoms with Gasteiger partial charge in [0.1, 0.15) is 0 Å². The summed E-state index contributed by atoms with van der Waals surface area (Å²) in [5.74, 6) is 0. The van der Waals surface area contributed by atoms with E-state index in [1.807, 2.05) is 46.8 Å². The summed E-state index contributed by atoms with van der Waals surface area (Å²) in [6, 6.07) is 7.07. The Labute approximate surface area is 87.7 Å². The summed E-state index contributed by atoms with van der Waals surface area (Å²) in [5, 5.41) is 17.3. The molecule has 1 aromatic rings. The molecule has 14 heavy (non-hydrogen) atoms. The van der Waals surface area contributed by atoms with Crippen LogP contribution < -0.4 is 5.46 Å². The van der Waals surface area contributed by atoms with Gasteiger partial charge in [-0.3, -0.25) is 0 Å². The zero-order valence-electron chi connectivity index (χ0n) is 9.78. The van der Waals surface area contributed by atoms with Gasteiger partial charge in [0.25, 0.3) is 0 Å². The van der Waals surface area contributed by atoms with E-state index in [4.69, 9.17) is 10.0 Å². The topological polar surface area (TPSA) is 40.5 Å². The molecule has 1 aromatic carbocycles. The summed E-state index contributed by atoms with van der Waals surface area (Å²) < 4.78 is 0. The van der Waals surface area contributed by atoms with E-state index in [2.05, 4.69) is 0 Å². The van der Waals surface area contributed by atoms with Crippen LogP contribution in [0.3, 0.4) is 0 Å². The summed E-state index contributed by atoms with van der Waals surface area (Å²) in [5.41, 5.74) is 1.65. The Morgan fingerprint density at radius 2 is 1.21 bits per heavy atom. The number of hydrogen-bond acceptors (Lipinski definition) is 2. The Morgan fingerprint density at radius 3 is 1.50 bits per heavy atom. The Morgan fingerprint density at radius 1 is 0.857 bits per heavy atom. The van der Waals surface area contributed by atoms with Gasteiger partial charge in [0.15, 0.2) is 0 Å². The van der Waals surface area contributed by atoms with Gasteiger partial charge in [-0.1, -0.05) is 57.5 Å². The van der Waals surface area contributed by atoms with Crippen LogP contribution in [0.5, 0.6) is 0 Å². The van der Waals surface area contributed by atoms with Crippen LogP contribution in [-0.2, 0) is 0 Å². The molecule has 0 amide bonds. The maximum atomic E-state index is 8.67. The van der Waals surface area contributed by atoms with Gasteiger partial charge in [-0.25, -0.2) is 0 Å². The summed E-state index contributed by atoms with van der Waals surface area (Å²) in [7, 11) is -1.35. The second-order valence-electron chi connectivity index (χ2n) is 2.28. The molecule has 0 aliphatic rings. The molecule has 0 bridgehead atoms.